The second kappa shape index (κ2) is 6.48. The van der Waals surface area contributed by atoms with Gasteiger partial charge in [0.25, 0.3) is 0 Å². The maximum absolute atomic E-state index is 4.64. The molecule has 122 valence electrons. The van der Waals surface area contributed by atoms with Crippen LogP contribution in [0.4, 0.5) is 5.69 Å². The van der Waals surface area contributed by atoms with Crippen LogP contribution in [-0.4, -0.2) is 10.8 Å². The van der Waals surface area contributed by atoms with Crippen LogP contribution in [0.1, 0.15) is 33.6 Å². The van der Waals surface area contributed by atoms with E-state index in [0.29, 0.717) is 0 Å². The molecular weight excluding hydrogens is 292 g/mol. The molecule has 0 unspecified atom stereocenters. The van der Waals surface area contributed by atoms with E-state index in [1.54, 1.807) is 0 Å². The molecule has 3 rings (SSSR count). The summed E-state index contributed by atoms with van der Waals surface area (Å²) in [5.41, 5.74) is 9.61. The van der Waals surface area contributed by atoms with Crippen molar-refractivity contribution in [2.75, 3.05) is 0 Å². The predicted molar refractivity (Wildman–Crippen MR) is 103 cm³/mol. The summed E-state index contributed by atoms with van der Waals surface area (Å²) in [6.07, 6.45) is 1.97. The molecule has 0 aliphatic rings. The SMILES string of the molecule is Cc1cccc(N=Cc2cc(C)n(-c3cc(C)cc(C)c3)c2C)c1. The highest BCUT2D eigenvalue weighted by molar-refractivity contribution is 5.84. The second-order valence-corrected chi connectivity index (χ2v) is 6.60. The number of hydrogen-bond donors (Lipinski definition) is 0. The van der Waals surface area contributed by atoms with Gasteiger partial charge in [0.1, 0.15) is 0 Å². The van der Waals surface area contributed by atoms with Crippen LogP contribution in [0.5, 0.6) is 0 Å². The van der Waals surface area contributed by atoms with Gasteiger partial charge in [-0.3, -0.25) is 4.99 Å². The quantitative estimate of drug-likeness (QED) is 0.546. The zero-order valence-corrected chi connectivity index (χ0v) is 15.1. The van der Waals surface area contributed by atoms with Gasteiger partial charge in [0, 0.05) is 28.9 Å². The number of aliphatic imine (C=N–C) groups is 1. The van der Waals surface area contributed by atoms with Crippen molar-refractivity contribution in [1.82, 2.24) is 4.57 Å². The smallest absolute Gasteiger partial charge is 0.0632 e. The minimum atomic E-state index is 0.992. The molecule has 0 aliphatic heterocycles. The third kappa shape index (κ3) is 3.33. The Morgan fingerprint density at radius 1 is 0.792 bits per heavy atom. The van der Waals surface area contributed by atoms with Crippen LogP contribution in [0.15, 0.2) is 53.5 Å². The molecule has 24 heavy (non-hydrogen) atoms. The highest BCUT2D eigenvalue weighted by Gasteiger charge is 2.10. The molecule has 0 atom stereocenters. The molecule has 0 spiro atoms. The first kappa shape index (κ1) is 16.3. The molecule has 2 aromatic carbocycles. The molecule has 0 N–H and O–H groups in total. The van der Waals surface area contributed by atoms with Crippen LogP contribution in [-0.2, 0) is 0 Å². The first-order chi connectivity index (χ1) is 11.4. The van der Waals surface area contributed by atoms with Crippen molar-refractivity contribution in [2.24, 2.45) is 4.99 Å². The number of benzene rings is 2. The lowest BCUT2D eigenvalue weighted by atomic mass is 10.1. The van der Waals surface area contributed by atoms with Gasteiger partial charge in [-0.05, 0) is 81.6 Å². The van der Waals surface area contributed by atoms with Crippen LogP contribution >= 0.6 is 0 Å². The summed E-state index contributed by atoms with van der Waals surface area (Å²) in [5, 5.41) is 0. The van der Waals surface area contributed by atoms with Crippen molar-refractivity contribution >= 4 is 11.9 Å². The van der Waals surface area contributed by atoms with Crippen molar-refractivity contribution in [3.8, 4) is 5.69 Å². The maximum Gasteiger partial charge on any atom is 0.0632 e. The number of aromatic nitrogens is 1. The van der Waals surface area contributed by atoms with E-state index in [0.717, 1.165) is 11.3 Å². The maximum atomic E-state index is 4.64. The molecule has 0 bridgehead atoms. The van der Waals surface area contributed by atoms with Gasteiger partial charge < -0.3 is 4.57 Å². The van der Waals surface area contributed by atoms with Gasteiger partial charge in [0.2, 0.25) is 0 Å². The van der Waals surface area contributed by atoms with Gasteiger partial charge in [-0.25, -0.2) is 0 Å². The molecule has 1 aromatic heterocycles. The molecule has 0 fully saturated rings. The zero-order chi connectivity index (χ0) is 17.3. The Hall–Kier alpha value is -2.61. The minimum Gasteiger partial charge on any atom is -0.318 e. The van der Waals surface area contributed by atoms with Gasteiger partial charge in [0.15, 0.2) is 0 Å². The summed E-state index contributed by atoms with van der Waals surface area (Å²) < 4.78 is 2.30. The fourth-order valence-corrected chi connectivity index (χ4v) is 3.25. The highest BCUT2D eigenvalue weighted by Crippen LogP contribution is 2.22. The molecule has 0 saturated heterocycles. The van der Waals surface area contributed by atoms with Crippen molar-refractivity contribution < 1.29 is 0 Å². The van der Waals surface area contributed by atoms with Crippen LogP contribution in [0, 0.1) is 34.6 Å². The lowest BCUT2D eigenvalue weighted by Crippen LogP contribution is -2.00. The monoisotopic (exact) mass is 316 g/mol. The van der Waals surface area contributed by atoms with E-state index < -0.39 is 0 Å². The van der Waals surface area contributed by atoms with E-state index in [4.69, 9.17) is 0 Å². The lowest BCUT2D eigenvalue weighted by Gasteiger charge is -2.11. The van der Waals surface area contributed by atoms with Crippen LogP contribution in [0.3, 0.4) is 0 Å². The number of aryl methyl sites for hydroxylation is 4. The Bertz CT molecular complexity index is 893. The van der Waals surface area contributed by atoms with E-state index in [2.05, 4.69) is 80.6 Å². The van der Waals surface area contributed by atoms with Crippen molar-refractivity contribution in [3.63, 3.8) is 0 Å². The molecule has 0 amide bonds. The molecule has 0 radical (unpaired) electrons. The van der Waals surface area contributed by atoms with Crippen LogP contribution < -0.4 is 0 Å². The number of nitrogens with zero attached hydrogens (tertiary/aromatic N) is 2. The topological polar surface area (TPSA) is 17.3 Å². The molecule has 0 saturated carbocycles. The van der Waals surface area contributed by atoms with Gasteiger partial charge in [-0.1, -0.05) is 18.2 Å². The van der Waals surface area contributed by atoms with Gasteiger partial charge >= 0.3 is 0 Å². The normalized spacial score (nSPS) is 11.4. The van der Waals surface area contributed by atoms with E-state index in [1.807, 2.05) is 18.3 Å². The van der Waals surface area contributed by atoms with Crippen molar-refractivity contribution in [2.45, 2.75) is 34.6 Å². The Morgan fingerprint density at radius 2 is 1.50 bits per heavy atom. The molecular formula is C22H24N2. The predicted octanol–water partition coefficient (Wildman–Crippen LogP) is 5.77. The highest BCUT2D eigenvalue weighted by atomic mass is 15.0. The average molecular weight is 316 g/mol. The van der Waals surface area contributed by atoms with Gasteiger partial charge in [-0.2, -0.15) is 0 Å². The van der Waals surface area contributed by atoms with Gasteiger partial charge in [-0.15, -0.1) is 0 Å². The second-order valence-electron chi connectivity index (χ2n) is 6.60. The summed E-state index contributed by atoms with van der Waals surface area (Å²) in [6.45, 7) is 10.7. The average Bonchev–Trinajstić information content (AvgIpc) is 2.78. The standard InChI is InChI=1S/C22H24N2/c1-15-7-6-8-21(10-15)23-14-20-13-18(4)24(19(20)5)22-11-16(2)9-17(3)12-22/h6-14H,1-5H3. The molecule has 3 aromatic rings. The summed E-state index contributed by atoms with van der Waals surface area (Å²) >= 11 is 0. The zero-order valence-electron chi connectivity index (χ0n) is 15.1. The van der Waals surface area contributed by atoms with E-state index in [1.165, 1.54) is 33.8 Å². The van der Waals surface area contributed by atoms with E-state index in [9.17, 15) is 0 Å². The molecule has 2 nitrogen and oxygen atoms in total. The van der Waals surface area contributed by atoms with Gasteiger partial charge in [0.05, 0.1) is 5.69 Å². The first-order valence-corrected chi connectivity index (χ1v) is 8.32. The summed E-state index contributed by atoms with van der Waals surface area (Å²) in [4.78, 5) is 4.64. The molecule has 0 aliphatic carbocycles. The Morgan fingerprint density at radius 3 is 2.17 bits per heavy atom. The molecule has 1 heterocycles. The number of hydrogen-bond acceptors (Lipinski definition) is 1. The Kier molecular flexibility index (Phi) is 4.39. The Balaban J connectivity index is 2.00. The summed E-state index contributed by atoms with van der Waals surface area (Å²) in [6, 6.07) is 17.1. The summed E-state index contributed by atoms with van der Waals surface area (Å²) in [7, 11) is 0. The fourth-order valence-electron chi connectivity index (χ4n) is 3.25. The van der Waals surface area contributed by atoms with Crippen LogP contribution in [0.2, 0.25) is 0 Å². The van der Waals surface area contributed by atoms with Crippen LogP contribution in [0.25, 0.3) is 5.69 Å². The Labute approximate surface area is 144 Å². The van der Waals surface area contributed by atoms with E-state index in [-0.39, 0.29) is 0 Å². The third-order valence-electron chi connectivity index (χ3n) is 4.29. The minimum absolute atomic E-state index is 0.992. The van der Waals surface area contributed by atoms with E-state index >= 15 is 0 Å². The largest absolute Gasteiger partial charge is 0.318 e. The summed E-state index contributed by atoms with van der Waals surface area (Å²) in [5.74, 6) is 0. The van der Waals surface area contributed by atoms with Crippen molar-refractivity contribution in [3.05, 3.63) is 82.2 Å². The fraction of sp³-hybridized carbons (Fsp3) is 0.227. The lowest BCUT2D eigenvalue weighted by molar-refractivity contribution is 0.960. The number of rotatable bonds is 3. The third-order valence-corrected chi connectivity index (χ3v) is 4.29. The first-order valence-electron chi connectivity index (χ1n) is 8.32. The molecule has 2 heteroatoms. The van der Waals surface area contributed by atoms with Crippen molar-refractivity contribution in [1.29, 1.82) is 0 Å².